The lowest BCUT2D eigenvalue weighted by atomic mass is 10.2. The van der Waals surface area contributed by atoms with Gasteiger partial charge in [0.2, 0.25) is 0 Å². The van der Waals surface area contributed by atoms with Gasteiger partial charge in [0, 0.05) is 19.6 Å². The molecule has 0 aromatic rings. The Hall–Kier alpha value is -0.590. The van der Waals surface area contributed by atoms with E-state index in [1.165, 1.54) is 12.8 Å². The van der Waals surface area contributed by atoms with E-state index in [-0.39, 0.29) is 0 Å². The zero-order chi connectivity index (χ0) is 10.6. The first-order chi connectivity index (χ1) is 6.85. The van der Waals surface area contributed by atoms with Crippen LogP contribution in [0.2, 0.25) is 0 Å². The maximum Gasteiger partial charge on any atom is 0.0635 e. The first-order valence-corrected chi connectivity index (χ1v) is 5.55. The summed E-state index contributed by atoms with van der Waals surface area (Å²) in [5, 5.41) is 17.0. The van der Waals surface area contributed by atoms with Crippen LogP contribution in [0.1, 0.15) is 39.0 Å². The number of unbranched alkanes of at least 4 members (excludes halogenated alkanes) is 3. The third-order valence-electron chi connectivity index (χ3n) is 2.37. The van der Waals surface area contributed by atoms with Crippen molar-refractivity contribution in [2.45, 2.75) is 39.0 Å². The Morgan fingerprint density at radius 1 is 1.14 bits per heavy atom. The average Bonchev–Trinajstić information content (AvgIpc) is 2.22. The van der Waals surface area contributed by atoms with Gasteiger partial charge in [0.1, 0.15) is 0 Å². The fourth-order valence-electron chi connectivity index (χ4n) is 1.44. The van der Waals surface area contributed by atoms with E-state index < -0.39 is 0 Å². The van der Waals surface area contributed by atoms with Gasteiger partial charge in [0.15, 0.2) is 0 Å². The molecule has 1 N–H and O–H groups in total. The van der Waals surface area contributed by atoms with E-state index in [1.807, 2.05) is 0 Å². The summed E-state index contributed by atoms with van der Waals surface area (Å²) in [6, 6.07) is 2.17. The highest BCUT2D eigenvalue weighted by Gasteiger charge is 2.00. The van der Waals surface area contributed by atoms with Gasteiger partial charge < -0.3 is 10.0 Å². The van der Waals surface area contributed by atoms with Gasteiger partial charge in [0.05, 0.1) is 6.07 Å². The standard InChI is InChI=1S/C11H22N2O/c1-2-13(10-7-8-12)9-5-3-4-6-11-14/h14H,2-7,9-11H2,1H3. The summed E-state index contributed by atoms with van der Waals surface area (Å²) in [7, 11) is 0. The van der Waals surface area contributed by atoms with Crippen molar-refractivity contribution in [3.8, 4) is 6.07 Å². The summed E-state index contributed by atoms with van der Waals surface area (Å²) in [5.41, 5.74) is 0. The van der Waals surface area contributed by atoms with Gasteiger partial charge >= 0.3 is 0 Å². The van der Waals surface area contributed by atoms with Crippen molar-refractivity contribution in [3.63, 3.8) is 0 Å². The average molecular weight is 198 g/mol. The maximum atomic E-state index is 8.59. The topological polar surface area (TPSA) is 47.3 Å². The van der Waals surface area contributed by atoms with Crippen molar-refractivity contribution >= 4 is 0 Å². The van der Waals surface area contributed by atoms with E-state index in [2.05, 4.69) is 17.9 Å². The van der Waals surface area contributed by atoms with Crippen LogP contribution in [-0.4, -0.2) is 36.2 Å². The normalized spacial score (nSPS) is 10.4. The SMILES string of the molecule is CCN(CCC#N)CCCCCCO. The predicted octanol–water partition coefficient (Wildman–Crippen LogP) is 1.77. The summed E-state index contributed by atoms with van der Waals surface area (Å²) in [6.45, 7) is 5.45. The zero-order valence-corrected chi connectivity index (χ0v) is 9.21. The molecule has 0 aromatic carbocycles. The van der Waals surface area contributed by atoms with Crippen molar-refractivity contribution in [1.82, 2.24) is 4.90 Å². The van der Waals surface area contributed by atoms with Crippen molar-refractivity contribution < 1.29 is 5.11 Å². The van der Waals surface area contributed by atoms with E-state index in [1.54, 1.807) is 0 Å². The number of hydrogen-bond acceptors (Lipinski definition) is 3. The van der Waals surface area contributed by atoms with Crippen LogP contribution in [0.15, 0.2) is 0 Å². The highest BCUT2D eigenvalue weighted by molar-refractivity contribution is 4.71. The Morgan fingerprint density at radius 2 is 1.86 bits per heavy atom. The molecule has 0 heterocycles. The minimum absolute atomic E-state index is 0.311. The highest BCUT2D eigenvalue weighted by atomic mass is 16.2. The lowest BCUT2D eigenvalue weighted by Gasteiger charge is -2.18. The number of nitriles is 1. The Morgan fingerprint density at radius 3 is 2.43 bits per heavy atom. The van der Waals surface area contributed by atoms with Crippen LogP contribution < -0.4 is 0 Å². The molecule has 0 atom stereocenters. The van der Waals surface area contributed by atoms with Crippen LogP contribution in [0.25, 0.3) is 0 Å². The smallest absolute Gasteiger partial charge is 0.0635 e. The molecule has 0 saturated carbocycles. The first-order valence-electron chi connectivity index (χ1n) is 5.55. The third-order valence-corrected chi connectivity index (χ3v) is 2.37. The molecule has 0 amide bonds. The van der Waals surface area contributed by atoms with Gasteiger partial charge in [-0.1, -0.05) is 19.8 Å². The fourth-order valence-corrected chi connectivity index (χ4v) is 1.44. The lowest BCUT2D eigenvalue weighted by Crippen LogP contribution is -2.25. The molecular weight excluding hydrogens is 176 g/mol. The van der Waals surface area contributed by atoms with Crippen LogP contribution in [0.5, 0.6) is 0 Å². The van der Waals surface area contributed by atoms with Gasteiger partial charge in [-0.15, -0.1) is 0 Å². The molecule has 0 rings (SSSR count). The molecule has 0 fully saturated rings. The largest absolute Gasteiger partial charge is 0.396 e. The summed E-state index contributed by atoms with van der Waals surface area (Å²) in [4.78, 5) is 2.31. The summed E-state index contributed by atoms with van der Waals surface area (Å²) in [6.07, 6.45) is 5.03. The molecule has 14 heavy (non-hydrogen) atoms. The molecule has 3 heteroatoms. The molecule has 0 saturated heterocycles. The van der Waals surface area contributed by atoms with Gasteiger partial charge in [-0.3, -0.25) is 0 Å². The van der Waals surface area contributed by atoms with Gasteiger partial charge in [-0.25, -0.2) is 0 Å². The Kier molecular flexibility index (Phi) is 10.0. The van der Waals surface area contributed by atoms with Crippen molar-refractivity contribution in [3.05, 3.63) is 0 Å². The van der Waals surface area contributed by atoms with Crippen molar-refractivity contribution in [2.75, 3.05) is 26.2 Å². The minimum atomic E-state index is 0.311. The number of rotatable bonds is 9. The van der Waals surface area contributed by atoms with Crippen LogP contribution in [0, 0.1) is 11.3 Å². The summed E-state index contributed by atoms with van der Waals surface area (Å²) in [5.74, 6) is 0. The summed E-state index contributed by atoms with van der Waals surface area (Å²) < 4.78 is 0. The van der Waals surface area contributed by atoms with Crippen molar-refractivity contribution in [1.29, 1.82) is 5.26 Å². The number of nitrogens with zero attached hydrogens (tertiary/aromatic N) is 2. The van der Waals surface area contributed by atoms with Gasteiger partial charge in [-0.2, -0.15) is 5.26 Å². The molecule has 82 valence electrons. The second-order valence-corrected chi connectivity index (χ2v) is 3.48. The second kappa shape index (κ2) is 10.5. The Balaban J connectivity index is 3.29. The molecule has 0 aliphatic carbocycles. The molecule has 3 nitrogen and oxygen atoms in total. The van der Waals surface area contributed by atoms with Gasteiger partial charge in [0.25, 0.3) is 0 Å². The van der Waals surface area contributed by atoms with E-state index in [4.69, 9.17) is 10.4 Å². The number of aliphatic hydroxyl groups is 1. The molecule has 0 aromatic heterocycles. The molecule has 0 bridgehead atoms. The lowest BCUT2D eigenvalue weighted by molar-refractivity contribution is 0.270. The van der Waals surface area contributed by atoms with Crippen LogP contribution in [0.4, 0.5) is 0 Å². The van der Waals surface area contributed by atoms with Crippen LogP contribution >= 0.6 is 0 Å². The highest BCUT2D eigenvalue weighted by Crippen LogP contribution is 2.01. The predicted molar refractivity (Wildman–Crippen MR) is 57.9 cm³/mol. The zero-order valence-electron chi connectivity index (χ0n) is 9.21. The molecule has 0 spiro atoms. The summed E-state index contributed by atoms with van der Waals surface area (Å²) >= 11 is 0. The molecule has 0 aliphatic rings. The fraction of sp³-hybridized carbons (Fsp3) is 0.909. The Bertz CT molecular complexity index is 154. The first kappa shape index (κ1) is 13.4. The van der Waals surface area contributed by atoms with Crippen LogP contribution in [-0.2, 0) is 0 Å². The molecule has 0 unspecified atom stereocenters. The van der Waals surface area contributed by atoms with Gasteiger partial charge in [-0.05, 0) is 25.9 Å². The molecule has 0 aliphatic heterocycles. The minimum Gasteiger partial charge on any atom is -0.396 e. The van der Waals surface area contributed by atoms with E-state index in [9.17, 15) is 0 Å². The molecular formula is C11H22N2O. The Labute approximate surface area is 87.3 Å². The second-order valence-electron chi connectivity index (χ2n) is 3.48. The van der Waals surface area contributed by atoms with Crippen molar-refractivity contribution in [2.24, 2.45) is 0 Å². The van der Waals surface area contributed by atoms with E-state index in [0.29, 0.717) is 13.0 Å². The monoisotopic (exact) mass is 198 g/mol. The van der Waals surface area contributed by atoms with E-state index in [0.717, 1.165) is 32.5 Å². The van der Waals surface area contributed by atoms with Crippen LogP contribution in [0.3, 0.4) is 0 Å². The maximum absolute atomic E-state index is 8.59. The number of aliphatic hydroxyl groups excluding tert-OH is 1. The quantitative estimate of drug-likeness (QED) is 0.574. The number of hydrogen-bond donors (Lipinski definition) is 1. The third kappa shape index (κ3) is 8.03. The molecule has 0 radical (unpaired) electrons. The van der Waals surface area contributed by atoms with E-state index >= 15 is 0 Å².